The molecule has 0 saturated carbocycles. The summed E-state index contributed by atoms with van der Waals surface area (Å²) in [7, 11) is 0. The summed E-state index contributed by atoms with van der Waals surface area (Å²) in [6.45, 7) is 2.77. The summed E-state index contributed by atoms with van der Waals surface area (Å²) < 4.78 is 39.6. The third-order valence-corrected chi connectivity index (χ3v) is 3.09. The Morgan fingerprint density at radius 3 is 2.63 bits per heavy atom. The molecule has 19 heavy (non-hydrogen) atoms. The summed E-state index contributed by atoms with van der Waals surface area (Å²) in [5.41, 5.74) is 6.02. The molecule has 0 aliphatic carbocycles. The van der Waals surface area contributed by atoms with E-state index in [9.17, 15) is 13.2 Å². The number of nitrogens with zero attached hydrogens (tertiary/aromatic N) is 2. The highest BCUT2D eigenvalue weighted by Crippen LogP contribution is 2.31. The van der Waals surface area contributed by atoms with Gasteiger partial charge in [-0.2, -0.15) is 13.2 Å². The normalized spacial score (nSPS) is 12.2. The van der Waals surface area contributed by atoms with E-state index in [2.05, 4.69) is 11.9 Å². The van der Waals surface area contributed by atoms with Gasteiger partial charge in [0.15, 0.2) is 0 Å². The lowest BCUT2D eigenvalue weighted by Crippen LogP contribution is -2.05. The van der Waals surface area contributed by atoms with E-state index >= 15 is 0 Å². The van der Waals surface area contributed by atoms with E-state index in [-0.39, 0.29) is 5.95 Å². The van der Waals surface area contributed by atoms with Crippen molar-refractivity contribution in [1.29, 1.82) is 0 Å². The van der Waals surface area contributed by atoms with Gasteiger partial charge in [0.25, 0.3) is 0 Å². The molecule has 0 radical (unpaired) electrons. The van der Waals surface area contributed by atoms with Crippen molar-refractivity contribution in [2.24, 2.45) is 0 Å². The first-order chi connectivity index (χ1) is 8.93. The number of alkyl halides is 3. The number of fused-ring (bicyclic) bond motifs is 1. The van der Waals surface area contributed by atoms with Gasteiger partial charge in [-0.1, -0.05) is 19.8 Å². The van der Waals surface area contributed by atoms with Crippen LogP contribution < -0.4 is 5.73 Å². The van der Waals surface area contributed by atoms with Crippen LogP contribution in [0.1, 0.15) is 31.7 Å². The van der Waals surface area contributed by atoms with Gasteiger partial charge in [-0.15, -0.1) is 0 Å². The predicted octanol–water partition coefficient (Wildman–Crippen LogP) is 3.83. The zero-order valence-electron chi connectivity index (χ0n) is 10.7. The summed E-state index contributed by atoms with van der Waals surface area (Å²) in [5, 5.41) is 0. The summed E-state index contributed by atoms with van der Waals surface area (Å²) in [6, 6.07) is 3.55. The maximum Gasteiger partial charge on any atom is 0.416 e. The van der Waals surface area contributed by atoms with Gasteiger partial charge in [0.1, 0.15) is 0 Å². The van der Waals surface area contributed by atoms with Crippen molar-refractivity contribution in [2.75, 3.05) is 5.73 Å². The van der Waals surface area contributed by atoms with Crippen LogP contribution >= 0.6 is 0 Å². The second-order valence-corrected chi connectivity index (χ2v) is 4.53. The molecule has 0 atom stereocenters. The Labute approximate surface area is 109 Å². The number of nitrogen functional groups attached to an aromatic ring is 1. The molecule has 0 saturated heterocycles. The Balaban J connectivity index is 2.37. The fourth-order valence-corrected chi connectivity index (χ4v) is 2.08. The van der Waals surface area contributed by atoms with Crippen molar-refractivity contribution in [2.45, 2.75) is 38.9 Å². The highest BCUT2D eigenvalue weighted by Gasteiger charge is 2.31. The number of hydrogen-bond donors (Lipinski definition) is 1. The molecule has 1 heterocycles. The monoisotopic (exact) mass is 271 g/mol. The number of hydrogen-bond acceptors (Lipinski definition) is 2. The van der Waals surface area contributed by atoms with Crippen LogP contribution in [0.15, 0.2) is 18.2 Å². The van der Waals surface area contributed by atoms with Crippen molar-refractivity contribution in [3.63, 3.8) is 0 Å². The second kappa shape index (κ2) is 5.11. The molecule has 0 unspecified atom stereocenters. The Morgan fingerprint density at radius 1 is 1.26 bits per heavy atom. The molecular weight excluding hydrogens is 255 g/mol. The van der Waals surface area contributed by atoms with Gasteiger partial charge in [-0.3, -0.25) is 0 Å². The SMILES string of the molecule is CCCCCn1c(N)nc2cc(C(F)(F)F)ccc21. The zero-order chi connectivity index (χ0) is 14.0. The molecule has 0 aliphatic heterocycles. The second-order valence-electron chi connectivity index (χ2n) is 4.53. The third-order valence-electron chi connectivity index (χ3n) is 3.09. The van der Waals surface area contributed by atoms with Gasteiger partial charge in [0.05, 0.1) is 16.6 Å². The summed E-state index contributed by atoms with van der Waals surface area (Å²) >= 11 is 0. The number of imidazole rings is 1. The van der Waals surface area contributed by atoms with Crippen LogP contribution in [0.2, 0.25) is 0 Å². The Morgan fingerprint density at radius 2 is 2.00 bits per heavy atom. The van der Waals surface area contributed by atoms with Gasteiger partial charge >= 0.3 is 6.18 Å². The molecule has 0 spiro atoms. The molecule has 0 aliphatic rings. The van der Waals surface area contributed by atoms with E-state index < -0.39 is 11.7 Å². The molecule has 1 aromatic carbocycles. The zero-order valence-corrected chi connectivity index (χ0v) is 10.7. The van der Waals surface area contributed by atoms with E-state index in [4.69, 9.17) is 5.73 Å². The molecule has 6 heteroatoms. The molecule has 0 amide bonds. The average Bonchev–Trinajstić information content (AvgIpc) is 2.64. The minimum Gasteiger partial charge on any atom is -0.369 e. The molecular formula is C13H16F3N3. The van der Waals surface area contributed by atoms with Crippen molar-refractivity contribution >= 4 is 17.0 Å². The van der Waals surface area contributed by atoms with Gasteiger partial charge in [0, 0.05) is 6.54 Å². The fourth-order valence-electron chi connectivity index (χ4n) is 2.08. The molecule has 2 aromatic rings. The van der Waals surface area contributed by atoms with Crippen LogP contribution in [0, 0.1) is 0 Å². The number of aryl methyl sites for hydroxylation is 1. The number of anilines is 1. The van der Waals surface area contributed by atoms with Crippen LogP contribution in [0.3, 0.4) is 0 Å². The van der Waals surface area contributed by atoms with Crippen LogP contribution in [0.4, 0.5) is 19.1 Å². The molecule has 2 rings (SSSR count). The van der Waals surface area contributed by atoms with Crippen molar-refractivity contribution in [3.8, 4) is 0 Å². The molecule has 0 fully saturated rings. The standard InChI is InChI=1S/C13H16F3N3/c1-2-3-4-7-19-11-6-5-9(13(14,15)16)8-10(11)18-12(19)17/h5-6,8H,2-4,7H2,1H3,(H2,17,18). The smallest absolute Gasteiger partial charge is 0.369 e. The lowest BCUT2D eigenvalue weighted by molar-refractivity contribution is -0.137. The number of nitrogens with two attached hydrogens (primary N) is 1. The minimum absolute atomic E-state index is 0.269. The highest BCUT2D eigenvalue weighted by atomic mass is 19.4. The lowest BCUT2D eigenvalue weighted by atomic mass is 10.2. The molecule has 3 nitrogen and oxygen atoms in total. The maximum atomic E-state index is 12.6. The maximum absolute atomic E-state index is 12.6. The largest absolute Gasteiger partial charge is 0.416 e. The third kappa shape index (κ3) is 2.83. The van der Waals surface area contributed by atoms with Crippen LogP contribution in [0.25, 0.3) is 11.0 Å². The van der Waals surface area contributed by atoms with Crippen molar-refractivity contribution < 1.29 is 13.2 Å². The Bertz CT molecular complexity index is 572. The number of rotatable bonds is 4. The van der Waals surface area contributed by atoms with Gasteiger partial charge < -0.3 is 10.3 Å². The highest BCUT2D eigenvalue weighted by molar-refractivity contribution is 5.79. The predicted molar refractivity (Wildman–Crippen MR) is 68.7 cm³/mol. The van der Waals surface area contributed by atoms with E-state index in [1.165, 1.54) is 6.07 Å². The van der Waals surface area contributed by atoms with Gasteiger partial charge in [0.2, 0.25) is 5.95 Å². The first-order valence-corrected chi connectivity index (χ1v) is 6.26. The van der Waals surface area contributed by atoms with Crippen LogP contribution in [-0.2, 0) is 12.7 Å². The van der Waals surface area contributed by atoms with Gasteiger partial charge in [-0.25, -0.2) is 4.98 Å². The van der Waals surface area contributed by atoms with Crippen LogP contribution in [-0.4, -0.2) is 9.55 Å². The molecule has 0 bridgehead atoms. The fraction of sp³-hybridized carbons (Fsp3) is 0.462. The summed E-state index contributed by atoms with van der Waals surface area (Å²) in [4.78, 5) is 4.01. The Kier molecular flexibility index (Phi) is 3.68. The number of unbranched alkanes of at least 4 members (excludes halogenated alkanes) is 2. The van der Waals surface area contributed by atoms with Crippen LogP contribution in [0.5, 0.6) is 0 Å². The van der Waals surface area contributed by atoms with E-state index in [0.717, 1.165) is 31.4 Å². The quantitative estimate of drug-likeness (QED) is 0.859. The first kappa shape index (κ1) is 13.7. The van der Waals surface area contributed by atoms with E-state index in [1.807, 2.05) is 0 Å². The number of aromatic nitrogens is 2. The molecule has 104 valence electrons. The lowest BCUT2D eigenvalue weighted by Gasteiger charge is -2.07. The Hall–Kier alpha value is -1.72. The van der Waals surface area contributed by atoms with Crippen molar-refractivity contribution in [1.82, 2.24) is 9.55 Å². The topological polar surface area (TPSA) is 43.8 Å². The van der Waals surface area contributed by atoms with E-state index in [1.54, 1.807) is 4.57 Å². The van der Waals surface area contributed by atoms with Crippen molar-refractivity contribution in [3.05, 3.63) is 23.8 Å². The number of benzene rings is 1. The number of halogens is 3. The molecule has 1 aromatic heterocycles. The van der Waals surface area contributed by atoms with Gasteiger partial charge in [-0.05, 0) is 24.6 Å². The summed E-state index contributed by atoms with van der Waals surface area (Å²) in [6.07, 6.45) is -1.29. The average molecular weight is 271 g/mol. The minimum atomic E-state index is -4.35. The van der Waals surface area contributed by atoms with E-state index in [0.29, 0.717) is 17.6 Å². The summed E-state index contributed by atoms with van der Waals surface area (Å²) in [5.74, 6) is 0.269. The first-order valence-electron chi connectivity index (χ1n) is 6.26. The molecule has 2 N–H and O–H groups in total.